The fraction of sp³-hybridized carbons (Fsp3) is 0.800. The molecule has 16 heavy (non-hydrogen) atoms. The van der Waals surface area contributed by atoms with E-state index in [1.54, 1.807) is 14.0 Å². The Balaban J connectivity index is 2.23. The molecule has 1 atom stereocenters. The first-order valence-corrected chi connectivity index (χ1v) is 5.39. The molecule has 0 unspecified atom stereocenters. The van der Waals surface area contributed by atoms with Gasteiger partial charge in [-0.2, -0.15) is 0 Å². The molecule has 0 aliphatic heterocycles. The van der Waals surface area contributed by atoms with E-state index in [0.29, 0.717) is 6.42 Å². The van der Waals surface area contributed by atoms with Gasteiger partial charge in [-0.15, -0.1) is 0 Å². The lowest BCUT2D eigenvalue weighted by molar-refractivity contribution is -0.139. The molecular formula is C10H18N2O4. The van der Waals surface area contributed by atoms with Gasteiger partial charge in [0.1, 0.15) is 6.04 Å². The first-order chi connectivity index (χ1) is 7.56. The number of urea groups is 1. The fourth-order valence-corrected chi connectivity index (χ4v) is 1.60. The van der Waals surface area contributed by atoms with Crippen molar-refractivity contribution in [1.82, 2.24) is 10.6 Å². The summed E-state index contributed by atoms with van der Waals surface area (Å²) < 4.78 is 5.07. The molecule has 0 aromatic carbocycles. The highest BCUT2D eigenvalue weighted by molar-refractivity contribution is 5.82. The number of ether oxygens (including phenoxy) is 1. The molecule has 1 saturated carbocycles. The number of rotatable bonds is 5. The normalized spacial score (nSPS) is 25.4. The average Bonchev–Trinajstić information content (AvgIpc) is 2.18. The third-order valence-electron chi connectivity index (χ3n) is 2.78. The molecule has 0 radical (unpaired) electrons. The monoisotopic (exact) mass is 230 g/mol. The van der Waals surface area contributed by atoms with Crippen molar-refractivity contribution >= 4 is 12.0 Å². The zero-order valence-electron chi connectivity index (χ0n) is 9.53. The number of hydrogen-bond acceptors (Lipinski definition) is 3. The number of carboxylic acid groups (broad SMARTS) is 1. The van der Waals surface area contributed by atoms with Gasteiger partial charge in [0, 0.05) is 13.2 Å². The minimum absolute atomic E-state index is 0.0938. The molecule has 1 rings (SSSR count). The molecule has 0 saturated heterocycles. The molecule has 3 N–H and O–H groups in total. The quantitative estimate of drug-likeness (QED) is 0.635. The van der Waals surface area contributed by atoms with Crippen molar-refractivity contribution in [2.24, 2.45) is 0 Å². The topological polar surface area (TPSA) is 87.7 Å². The minimum Gasteiger partial charge on any atom is -0.480 e. The number of carbonyl (C=O) groups is 2. The Morgan fingerprint density at radius 3 is 2.56 bits per heavy atom. The van der Waals surface area contributed by atoms with Crippen LogP contribution in [0.3, 0.4) is 0 Å². The third-order valence-corrected chi connectivity index (χ3v) is 2.78. The van der Waals surface area contributed by atoms with Gasteiger partial charge in [-0.05, 0) is 19.3 Å². The average molecular weight is 230 g/mol. The Labute approximate surface area is 94.3 Å². The molecule has 1 aliphatic carbocycles. The summed E-state index contributed by atoms with van der Waals surface area (Å²) in [4.78, 5) is 22.1. The maximum absolute atomic E-state index is 11.4. The van der Waals surface area contributed by atoms with Gasteiger partial charge < -0.3 is 20.5 Å². The molecule has 1 aliphatic rings. The Kier molecular flexibility index (Phi) is 4.54. The smallest absolute Gasteiger partial charge is 0.326 e. The van der Waals surface area contributed by atoms with E-state index in [0.717, 1.165) is 12.8 Å². The van der Waals surface area contributed by atoms with Crippen LogP contribution < -0.4 is 10.6 Å². The Morgan fingerprint density at radius 1 is 1.50 bits per heavy atom. The first kappa shape index (κ1) is 12.8. The highest BCUT2D eigenvalue weighted by Crippen LogP contribution is 2.22. The molecule has 6 nitrogen and oxygen atoms in total. The molecule has 0 heterocycles. The van der Waals surface area contributed by atoms with Crippen molar-refractivity contribution in [2.75, 3.05) is 7.11 Å². The summed E-state index contributed by atoms with van der Waals surface area (Å²) in [7, 11) is 1.64. The number of carbonyl (C=O) groups excluding carboxylic acids is 1. The summed E-state index contributed by atoms with van der Waals surface area (Å²) in [5.74, 6) is -1.01. The summed E-state index contributed by atoms with van der Waals surface area (Å²) in [6, 6.07) is -1.15. The second kappa shape index (κ2) is 5.69. The Morgan fingerprint density at radius 2 is 2.12 bits per heavy atom. The molecule has 0 spiro atoms. The van der Waals surface area contributed by atoms with E-state index >= 15 is 0 Å². The maximum Gasteiger partial charge on any atom is 0.326 e. The summed E-state index contributed by atoms with van der Waals surface area (Å²) >= 11 is 0. The van der Waals surface area contributed by atoms with Crippen LogP contribution in [-0.4, -0.2) is 42.4 Å². The van der Waals surface area contributed by atoms with Crippen molar-refractivity contribution < 1.29 is 19.4 Å². The van der Waals surface area contributed by atoms with Crippen molar-refractivity contribution in [2.45, 2.75) is 44.4 Å². The van der Waals surface area contributed by atoms with Crippen LogP contribution in [0.5, 0.6) is 0 Å². The lowest BCUT2D eigenvalue weighted by Gasteiger charge is -2.34. The van der Waals surface area contributed by atoms with E-state index in [1.165, 1.54) is 0 Å². The van der Waals surface area contributed by atoms with Crippen LogP contribution in [0.15, 0.2) is 0 Å². The number of aliphatic carboxylic acids is 1. The third kappa shape index (κ3) is 3.37. The van der Waals surface area contributed by atoms with E-state index in [4.69, 9.17) is 9.84 Å². The van der Waals surface area contributed by atoms with Gasteiger partial charge in [0.05, 0.1) is 6.10 Å². The molecule has 6 heteroatoms. The van der Waals surface area contributed by atoms with E-state index in [1.807, 2.05) is 0 Å². The van der Waals surface area contributed by atoms with Crippen LogP contribution in [-0.2, 0) is 9.53 Å². The summed E-state index contributed by atoms with van der Waals surface area (Å²) in [5, 5.41) is 13.9. The number of methoxy groups -OCH3 is 1. The first-order valence-electron chi connectivity index (χ1n) is 5.39. The molecular weight excluding hydrogens is 212 g/mol. The van der Waals surface area contributed by atoms with E-state index in [9.17, 15) is 9.59 Å². The van der Waals surface area contributed by atoms with Gasteiger partial charge >= 0.3 is 12.0 Å². The SMILES string of the molecule is CC[C@H](NC(=O)NC1CC(OC)C1)C(=O)O. The minimum atomic E-state index is -1.01. The highest BCUT2D eigenvalue weighted by Gasteiger charge is 2.30. The van der Waals surface area contributed by atoms with Crippen LogP contribution in [0.2, 0.25) is 0 Å². The van der Waals surface area contributed by atoms with Gasteiger partial charge in [-0.3, -0.25) is 0 Å². The molecule has 0 aromatic heterocycles. The van der Waals surface area contributed by atoms with E-state index in [-0.39, 0.29) is 12.1 Å². The van der Waals surface area contributed by atoms with E-state index < -0.39 is 18.0 Å². The summed E-state index contributed by atoms with van der Waals surface area (Å²) in [5.41, 5.74) is 0. The predicted octanol–water partition coefficient (Wildman–Crippen LogP) is 0.326. The van der Waals surface area contributed by atoms with E-state index in [2.05, 4.69) is 10.6 Å². The fourth-order valence-electron chi connectivity index (χ4n) is 1.60. The second-order valence-electron chi connectivity index (χ2n) is 3.94. The molecule has 0 aromatic rings. The number of hydrogen-bond donors (Lipinski definition) is 3. The Bertz CT molecular complexity index is 264. The number of amides is 2. The highest BCUT2D eigenvalue weighted by atomic mass is 16.5. The molecule has 2 amide bonds. The van der Waals surface area contributed by atoms with Crippen molar-refractivity contribution in [3.05, 3.63) is 0 Å². The predicted molar refractivity (Wildman–Crippen MR) is 57.2 cm³/mol. The second-order valence-corrected chi connectivity index (χ2v) is 3.94. The number of carboxylic acids is 1. The maximum atomic E-state index is 11.4. The number of nitrogens with one attached hydrogen (secondary N) is 2. The molecule has 0 bridgehead atoms. The van der Waals surface area contributed by atoms with Crippen LogP contribution in [0.1, 0.15) is 26.2 Å². The van der Waals surface area contributed by atoms with Crippen LogP contribution >= 0.6 is 0 Å². The van der Waals surface area contributed by atoms with Crippen LogP contribution in [0, 0.1) is 0 Å². The van der Waals surface area contributed by atoms with Crippen molar-refractivity contribution in [3.63, 3.8) is 0 Å². The standard InChI is InChI=1S/C10H18N2O4/c1-3-8(9(13)14)12-10(15)11-6-4-7(5-6)16-2/h6-8H,3-5H2,1-2H3,(H,13,14)(H2,11,12,15)/t6?,7?,8-/m0/s1. The zero-order valence-corrected chi connectivity index (χ0v) is 9.53. The molecule has 1 fully saturated rings. The molecule has 92 valence electrons. The Hall–Kier alpha value is -1.30. The van der Waals surface area contributed by atoms with Crippen molar-refractivity contribution in [3.8, 4) is 0 Å². The summed E-state index contributed by atoms with van der Waals surface area (Å²) in [6.07, 6.45) is 2.15. The van der Waals surface area contributed by atoms with Gasteiger partial charge in [-0.1, -0.05) is 6.92 Å². The lowest BCUT2D eigenvalue weighted by Crippen LogP contribution is -2.53. The summed E-state index contributed by atoms with van der Waals surface area (Å²) in [6.45, 7) is 1.71. The zero-order chi connectivity index (χ0) is 12.1. The van der Waals surface area contributed by atoms with Crippen LogP contribution in [0.25, 0.3) is 0 Å². The lowest BCUT2D eigenvalue weighted by atomic mass is 9.89. The largest absolute Gasteiger partial charge is 0.480 e. The van der Waals surface area contributed by atoms with Gasteiger partial charge in [0.25, 0.3) is 0 Å². The van der Waals surface area contributed by atoms with Crippen molar-refractivity contribution in [1.29, 1.82) is 0 Å². The van der Waals surface area contributed by atoms with Gasteiger partial charge in [0.2, 0.25) is 0 Å². The van der Waals surface area contributed by atoms with Gasteiger partial charge in [0.15, 0.2) is 0 Å². The van der Waals surface area contributed by atoms with Crippen LogP contribution in [0.4, 0.5) is 4.79 Å². The van der Waals surface area contributed by atoms with Gasteiger partial charge in [-0.25, -0.2) is 9.59 Å².